The minimum absolute atomic E-state index is 0. The van der Waals surface area contributed by atoms with Crippen LogP contribution in [0.3, 0.4) is 0 Å². The predicted molar refractivity (Wildman–Crippen MR) is 168 cm³/mol. The monoisotopic (exact) mass is 680 g/mol. The Bertz CT molecular complexity index is 1280. The number of hydrogen-bond acceptors (Lipinski definition) is 1. The van der Waals surface area contributed by atoms with Crippen molar-refractivity contribution in [2.75, 3.05) is 0 Å². The molecule has 0 spiro atoms. The Morgan fingerprint density at radius 2 is 1.54 bits per heavy atom. The summed E-state index contributed by atoms with van der Waals surface area (Å²) in [6.07, 6.45) is 15.9. The van der Waals surface area contributed by atoms with Crippen LogP contribution in [0.4, 0.5) is 0 Å². The summed E-state index contributed by atoms with van der Waals surface area (Å²) in [6, 6.07) is 19.4. The summed E-state index contributed by atoms with van der Waals surface area (Å²) in [5, 5.41) is 2.10. The van der Waals surface area contributed by atoms with Crippen molar-refractivity contribution in [2.45, 2.75) is 97.8 Å². The van der Waals surface area contributed by atoms with Crippen molar-refractivity contribution in [3.8, 4) is 11.1 Å². The average molecular weight is 683 g/mol. The molecular weight excluding hydrogens is 639 g/mol. The second-order valence-electron chi connectivity index (χ2n) is 13.2. The van der Waals surface area contributed by atoms with Crippen LogP contribution in [0.5, 0.6) is 0 Å². The average Bonchev–Trinajstić information content (AvgIpc) is 3.63. The first-order valence-corrected chi connectivity index (χ1v) is 16.6. The van der Waals surface area contributed by atoms with Gasteiger partial charge in [0.15, 0.2) is 0 Å². The molecule has 1 saturated carbocycles. The first-order valence-electron chi connectivity index (χ1n) is 14.5. The van der Waals surface area contributed by atoms with Crippen LogP contribution < -0.4 is 24.8 Å². The second-order valence-corrected chi connectivity index (χ2v) is 15.9. The van der Waals surface area contributed by atoms with Crippen molar-refractivity contribution in [3.05, 3.63) is 99.3 Å². The van der Waals surface area contributed by atoms with Crippen molar-refractivity contribution >= 4 is 20.1 Å². The Balaban J connectivity index is 0.000000246. The summed E-state index contributed by atoms with van der Waals surface area (Å²) in [7, 11) is 0. The van der Waals surface area contributed by atoms with Crippen LogP contribution in [0.15, 0.2) is 60.0 Å². The van der Waals surface area contributed by atoms with Crippen LogP contribution in [0, 0.1) is 18.1 Å². The first kappa shape index (κ1) is 36.1. The molecule has 0 saturated heterocycles. The van der Waals surface area contributed by atoms with Crippen molar-refractivity contribution < 1.29 is 49.0 Å². The van der Waals surface area contributed by atoms with Gasteiger partial charge in [-0.3, -0.25) is 6.08 Å². The van der Waals surface area contributed by atoms with E-state index in [0.29, 0.717) is 5.92 Å². The maximum atomic E-state index is 3.67. The van der Waals surface area contributed by atoms with E-state index in [1.165, 1.54) is 75.9 Å². The molecule has 0 N–H and O–H groups in total. The van der Waals surface area contributed by atoms with Gasteiger partial charge in [0.1, 0.15) is 0 Å². The van der Waals surface area contributed by atoms with Gasteiger partial charge in [0, 0.05) is 0 Å². The van der Waals surface area contributed by atoms with E-state index in [0.717, 1.165) is 6.42 Å². The van der Waals surface area contributed by atoms with Crippen LogP contribution in [-0.2, 0) is 41.5 Å². The number of benzene rings is 2. The normalized spacial score (nSPS) is 17.0. The Hall–Kier alpha value is -1.05. The zero-order valence-corrected chi connectivity index (χ0v) is 30.5. The molecule has 4 heteroatoms. The number of halogens is 2. The molecule has 0 amide bonds. The van der Waals surface area contributed by atoms with Crippen molar-refractivity contribution in [1.29, 1.82) is 0 Å². The number of thiophene rings is 1. The van der Waals surface area contributed by atoms with Crippen LogP contribution in [0.25, 0.3) is 16.7 Å². The number of hydrogen-bond donors (Lipinski definition) is 0. The van der Waals surface area contributed by atoms with Gasteiger partial charge in [-0.15, -0.1) is 11.1 Å². The van der Waals surface area contributed by atoms with E-state index in [4.69, 9.17) is 0 Å². The van der Waals surface area contributed by atoms with E-state index in [2.05, 4.69) is 121 Å². The third kappa shape index (κ3) is 9.99. The molecule has 218 valence electrons. The summed E-state index contributed by atoms with van der Waals surface area (Å²) in [4.78, 5) is 1.35. The van der Waals surface area contributed by atoms with Crippen molar-refractivity contribution in [3.63, 3.8) is 0 Å². The summed E-state index contributed by atoms with van der Waals surface area (Å²) in [5.41, 5.74) is 10.0. The molecule has 1 heterocycles. The molecule has 3 aliphatic carbocycles. The Kier molecular flexibility index (Phi) is 13.8. The molecular formula is C37H44Cl2SZr-2. The van der Waals surface area contributed by atoms with Crippen LogP contribution in [0.1, 0.15) is 108 Å². The molecule has 1 aromatic heterocycles. The number of allylic oxidation sites excluding steroid dienone is 4. The van der Waals surface area contributed by atoms with Crippen LogP contribution >= 0.6 is 11.3 Å². The predicted octanol–water partition coefficient (Wildman–Crippen LogP) is 4.47. The SMILES string of the molecule is CC(C)(C)c1[c-]c2c(cc1)-c1ccc(C(C)(C)C)cc1C2.CC1[C-]=CC(c2cccs2)=C1.[Cl-].[Cl-].[Zr+2]=[C]1CCCCC1. The molecule has 0 nitrogen and oxygen atoms in total. The zero-order valence-electron chi connectivity index (χ0n) is 25.8. The van der Waals surface area contributed by atoms with Gasteiger partial charge in [0.25, 0.3) is 0 Å². The van der Waals surface area contributed by atoms with Crippen molar-refractivity contribution in [1.82, 2.24) is 0 Å². The van der Waals surface area contributed by atoms with Gasteiger partial charge in [0.05, 0.1) is 0 Å². The summed E-state index contributed by atoms with van der Waals surface area (Å²) in [5.74, 6) is 0.493. The fourth-order valence-electron chi connectivity index (χ4n) is 5.19. The van der Waals surface area contributed by atoms with E-state index in [1.807, 2.05) is 0 Å². The van der Waals surface area contributed by atoms with Gasteiger partial charge >= 0.3 is 59.5 Å². The van der Waals surface area contributed by atoms with Gasteiger partial charge in [-0.2, -0.15) is 46.7 Å². The molecule has 1 unspecified atom stereocenters. The summed E-state index contributed by atoms with van der Waals surface area (Å²) < 4.78 is 1.80. The number of rotatable bonds is 1. The molecule has 0 bridgehead atoms. The fourth-order valence-corrected chi connectivity index (χ4v) is 6.78. The van der Waals surface area contributed by atoms with Gasteiger partial charge in [-0.25, -0.2) is 6.08 Å². The van der Waals surface area contributed by atoms with Gasteiger partial charge in [-0.05, 0) is 38.6 Å². The Morgan fingerprint density at radius 1 is 0.854 bits per heavy atom. The molecule has 3 aromatic rings. The Morgan fingerprint density at radius 3 is 2.05 bits per heavy atom. The Labute approximate surface area is 281 Å². The van der Waals surface area contributed by atoms with Crippen molar-refractivity contribution in [2.24, 2.45) is 5.92 Å². The molecule has 3 aliphatic rings. The molecule has 0 radical (unpaired) electrons. The molecule has 1 atom stereocenters. The first-order chi connectivity index (χ1) is 18.4. The topological polar surface area (TPSA) is 0 Å². The van der Waals surface area contributed by atoms with Crippen LogP contribution in [-0.4, -0.2) is 3.21 Å². The molecule has 2 aromatic carbocycles. The summed E-state index contributed by atoms with van der Waals surface area (Å²) in [6.45, 7) is 15.8. The third-order valence-electron chi connectivity index (χ3n) is 7.66. The molecule has 0 aliphatic heterocycles. The van der Waals surface area contributed by atoms with E-state index in [9.17, 15) is 0 Å². The molecule has 6 rings (SSSR count). The molecule has 1 fully saturated rings. The maximum absolute atomic E-state index is 3.67. The van der Waals surface area contributed by atoms with Crippen LogP contribution in [0.2, 0.25) is 0 Å². The van der Waals surface area contributed by atoms with Gasteiger partial charge in [0.2, 0.25) is 0 Å². The van der Waals surface area contributed by atoms with Gasteiger partial charge < -0.3 is 24.8 Å². The minimum atomic E-state index is 0. The number of fused-ring (bicyclic) bond motifs is 3. The summed E-state index contributed by atoms with van der Waals surface area (Å²) >= 11 is 3.47. The quantitative estimate of drug-likeness (QED) is 0.260. The van der Waals surface area contributed by atoms with E-state index >= 15 is 0 Å². The fraction of sp³-hybridized carbons (Fsp3) is 0.432. The molecule has 41 heavy (non-hydrogen) atoms. The van der Waals surface area contributed by atoms with E-state index in [1.54, 1.807) is 38.8 Å². The zero-order chi connectivity index (χ0) is 28.2. The third-order valence-corrected chi connectivity index (χ3v) is 9.81. The standard InChI is InChI=1S/C21H25.C10H9S.C6H10.2ClH.Zr/c1-20(2,3)16-7-9-18-14(12-16)11-15-13-17(21(4,5)6)8-10-19(15)18;1-8-4-5-9(7-8)10-3-2-6-11-10;1-2-4-6-5-3-1;;;/h7-10,12H,11H2,1-6H3;2-3,5-8H,1H3;1-5H2;2*1H;/q2*-1;;;;+2/p-2. The van der Waals surface area contributed by atoms with E-state index in [-0.39, 0.29) is 35.6 Å². The van der Waals surface area contributed by atoms with E-state index < -0.39 is 0 Å². The van der Waals surface area contributed by atoms with Gasteiger partial charge in [-0.1, -0.05) is 90.3 Å². The second kappa shape index (κ2) is 15.6.